The molecular formula is C19H18N2O4. The van der Waals surface area contributed by atoms with E-state index in [2.05, 4.69) is 22.3 Å². The lowest BCUT2D eigenvalue weighted by Gasteiger charge is -2.20. The Morgan fingerprint density at radius 2 is 1.80 bits per heavy atom. The van der Waals surface area contributed by atoms with E-state index in [9.17, 15) is 0 Å². The molecule has 6 heteroatoms. The van der Waals surface area contributed by atoms with Crippen LogP contribution in [0.2, 0.25) is 0 Å². The van der Waals surface area contributed by atoms with Crippen LogP contribution < -0.4 is 14.2 Å². The Morgan fingerprint density at radius 1 is 0.920 bits per heavy atom. The fourth-order valence-corrected chi connectivity index (χ4v) is 2.65. The zero-order valence-corrected chi connectivity index (χ0v) is 13.7. The Hall–Kier alpha value is -3.02. The third-order valence-corrected chi connectivity index (χ3v) is 3.87. The molecular weight excluding hydrogens is 320 g/mol. The Labute approximate surface area is 145 Å². The second-order valence-electron chi connectivity index (χ2n) is 5.66. The van der Waals surface area contributed by atoms with Gasteiger partial charge in [-0.05, 0) is 24.1 Å². The number of aryl methyl sites for hydroxylation is 2. The van der Waals surface area contributed by atoms with Gasteiger partial charge in [0.1, 0.15) is 13.2 Å². The number of nitrogens with zero attached hydrogens (tertiary/aromatic N) is 2. The zero-order chi connectivity index (χ0) is 16.9. The van der Waals surface area contributed by atoms with E-state index in [1.807, 2.05) is 36.4 Å². The summed E-state index contributed by atoms with van der Waals surface area (Å²) in [6.07, 6.45) is 1.60. The van der Waals surface area contributed by atoms with Gasteiger partial charge in [-0.2, -0.15) is 4.98 Å². The first-order chi connectivity index (χ1) is 12.4. The Kier molecular flexibility index (Phi) is 4.50. The first-order valence-electron chi connectivity index (χ1n) is 8.25. The van der Waals surface area contributed by atoms with Gasteiger partial charge in [-0.1, -0.05) is 41.6 Å². The molecule has 0 fully saturated rings. The third-order valence-electron chi connectivity index (χ3n) is 3.87. The van der Waals surface area contributed by atoms with Crippen molar-refractivity contribution >= 4 is 0 Å². The van der Waals surface area contributed by atoms with Crippen molar-refractivity contribution in [1.29, 1.82) is 0 Å². The molecule has 0 saturated carbocycles. The summed E-state index contributed by atoms with van der Waals surface area (Å²) in [5, 5.41) is 4.01. The van der Waals surface area contributed by atoms with Crippen molar-refractivity contribution in [3.05, 3.63) is 65.8 Å². The molecule has 0 unspecified atom stereocenters. The molecule has 2 aromatic carbocycles. The molecule has 6 nitrogen and oxygen atoms in total. The zero-order valence-electron chi connectivity index (χ0n) is 13.7. The summed E-state index contributed by atoms with van der Waals surface area (Å²) >= 11 is 0. The van der Waals surface area contributed by atoms with E-state index in [-0.39, 0.29) is 6.61 Å². The summed E-state index contributed by atoms with van der Waals surface area (Å²) < 4.78 is 22.2. The summed E-state index contributed by atoms with van der Waals surface area (Å²) in [5.41, 5.74) is 1.25. The predicted octanol–water partition coefficient (Wildman–Crippen LogP) is 3.21. The van der Waals surface area contributed by atoms with Gasteiger partial charge < -0.3 is 18.7 Å². The van der Waals surface area contributed by atoms with Crippen molar-refractivity contribution in [2.45, 2.75) is 19.4 Å². The highest BCUT2D eigenvalue weighted by Crippen LogP contribution is 2.39. The first-order valence-corrected chi connectivity index (χ1v) is 8.25. The smallest absolute Gasteiger partial charge is 0.264 e. The average molecular weight is 338 g/mol. The second kappa shape index (κ2) is 7.25. The molecule has 1 aliphatic heterocycles. The van der Waals surface area contributed by atoms with Crippen LogP contribution >= 0.6 is 0 Å². The van der Waals surface area contributed by atoms with Crippen LogP contribution in [0.5, 0.6) is 17.2 Å². The van der Waals surface area contributed by atoms with Crippen LogP contribution in [0.15, 0.2) is 53.1 Å². The predicted molar refractivity (Wildman–Crippen MR) is 89.9 cm³/mol. The number of hydrogen-bond acceptors (Lipinski definition) is 6. The number of ether oxygens (including phenoxy) is 3. The number of benzene rings is 2. The van der Waals surface area contributed by atoms with Crippen molar-refractivity contribution in [2.75, 3.05) is 13.2 Å². The molecule has 4 rings (SSSR count). The SMILES string of the molecule is c1ccc(CCc2noc(COc3cccc4c3OCCO4)n2)cc1. The van der Waals surface area contributed by atoms with Gasteiger partial charge in [-0.25, -0.2) is 0 Å². The quantitative estimate of drug-likeness (QED) is 0.687. The number of aromatic nitrogens is 2. The minimum Gasteiger partial charge on any atom is -0.486 e. The van der Waals surface area contributed by atoms with Crippen molar-refractivity contribution in [1.82, 2.24) is 10.1 Å². The summed E-state index contributed by atoms with van der Waals surface area (Å²) in [6.45, 7) is 1.25. The van der Waals surface area contributed by atoms with Crippen molar-refractivity contribution in [2.24, 2.45) is 0 Å². The van der Waals surface area contributed by atoms with E-state index < -0.39 is 0 Å². The molecule has 0 bridgehead atoms. The van der Waals surface area contributed by atoms with Gasteiger partial charge in [0, 0.05) is 6.42 Å². The maximum atomic E-state index is 5.77. The topological polar surface area (TPSA) is 66.6 Å². The fraction of sp³-hybridized carbons (Fsp3) is 0.263. The number of para-hydroxylation sites is 1. The van der Waals surface area contributed by atoms with Crippen LogP contribution in [0, 0.1) is 0 Å². The second-order valence-corrected chi connectivity index (χ2v) is 5.66. The molecule has 2 heterocycles. The molecule has 0 aliphatic carbocycles. The number of fused-ring (bicyclic) bond motifs is 1. The normalized spacial score (nSPS) is 12.8. The summed E-state index contributed by atoms with van der Waals surface area (Å²) in [5.74, 6) is 3.05. The first kappa shape index (κ1) is 15.5. The van der Waals surface area contributed by atoms with Gasteiger partial charge in [-0.15, -0.1) is 0 Å². The molecule has 1 aliphatic rings. The molecule has 0 atom stereocenters. The van der Waals surface area contributed by atoms with Crippen LogP contribution in [-0.2, 0) is 19.4 Å². The van der Waals surface area contributed by atoms with Crippen LogP contribution in [-0.4, -0.2) is 23.4 Å². The maximum absolute atomic E-state index is 5.77. The summed E-state index contributed by atoms with van der Waals surface area (Å²) in [4.78, 5) is 4.38. The molecule has 0 spiro atoms. The monoisotopic (exact) mass is 338 g/mol. The van der Waals surface area contributed by atoms with E-state index in [1.165, 1.54) is 5.56 Å². The largest absolute Gasteiger partial charge is 0.486 e. The van der Waals surface area contributed by atoms with Crippen molar-refractivity contribution in [3.63, 3.8) is 0 Å². The van der Waals surface area contributed by atoms with Gasteiger partial charge >= 0.3 is 0 Å². The Balaban J connectivity index is 1.36. The summed E-state index contributed by atoms with van der Waals surface area (Å²) in [7, 11) is 0. The Bertz CT molecular complexity index is 832. The molecule has 1 aromatic heterocycles. The molecule has 0 saturated heterocycles. The van der Waals surface area contributed by atoms with Crippen LogP contribution in [0.1, 0.15) is 17.3 Å². The Morgan fingerprint density at radius 3 is 2.72 bits per heavy atom. The highest BCUT2D eigenvalue weighted by Gasteiger charge is 2.17. The van der Waals surface area contributed by atoms with Crippen LogP contribution in [0.3, 0.4) is 0 Å². The average Bonchev–Trinajstić information content (AvgIpc) is 3.13. The van der Waals surface area contributed by atoms with Gasteiger partial charge in [0.15, 0.2) is 23.9 Å². The number of hydrogen-bond donors (Lipinski definition) is 0. The van der Waals surface area contributed by atoms with Gasteiger partial charge in [0.05, 0.1) is 0 Å². The lowest BCUT2D eigenvalue weighted by Crippen LogP contribution is -2.16. The highest BCUT2D eigenvalue weighted by atomic mass is 16.6. The van der Waals surface area contributed by atoms with E-state index in [0.717, 1.165) is 12.8 Å². The van der Waals surface area contributed by atoms with Crippen LogP contribution in [0.25, 0.3) is 0 Å². The van der Waals surface area contributed by atoms with Gasteiger partial charge in [-0.3, -0.25) is 0 Å². The van der Waals surface area contributed by atoms with Crippen molar-refractivity contribution < 1.29 is 18.7 Å². The molecule has 25 heavy (non-hydrogen) atoms. The summed E-state index contributed by atoms with van der Waals surface area (Å²) in [6, 6.07) is 15.8. The van der Waals surface area contributed by atoms with Gasteiger partial charge in [0.25, 0.3) is 5.89 Å². The lowest BCUT2D eigenvalue weighted by atomic mass is 10.1. The van der Waals surface area contributed by atoms with Crippen molar-refractivity contribution in [3.8, 4) is 17.2 Å². The third kappa shape index (κ3) is 3.74. The van der Waals surface area contributed by atoms with E-state index in [1.54, 1.807) is 0 Å². The van der Waals surface area contributed by atoms with Crippen LogP contribution in [0.4, 0.5) is 0 Å². The van der Waals surface area contributed by atoms with E-state index >= 15 is 0 Å². The minimum atomic E-state index is 0.193. The molecule has 0 radical (unpaired) electrons. The maximum Gasteiger partial charge on any atom is 0.264 e. The molecule has 0 N–H and O–H groups in total. The molecule has 3 aromatic rings. The fourth-order valence-electron chi connectivity index (χ4n) is 2.65. The van der Waals surface area contributed by atoms with E-state index in [4.69, 9.17) is 18.7 Å². The number of rotatable bonds is 6. The molecule has 128 valence electrons. The standard InChI is InChI=1S/C19H18N2O4/c1-2-5-14(6-3-1)9-10-17-20-18(25-21-17)13-24-16-8-4-7-15-19(16)23-12-11-22-15/h1-8H,9-13H2. The van der Waals surface area contributed by atoms with E-state index in [0.29, 0.717) is 42.2 Å². The lowest BCUT2D eigenvalue weighted by molar-refractivity contribution is 0.157. The van der Waals surface area contributed by atoms with Gasteiger partial charge in [0.2, 0.25) is 5.75 Å². The molecule has 0 amide bonds. The highest BCUT2D eigenvalue weighted by molar-refractivity contribution is 5.51. The minimum absolute atomic E-state index is 0.193.